The lowest BCUT2D eigenvalue weighted by atomic mass is 10.0. The van der Waals surface area contributed by atoms with E-state index in [1.165, 1.54) is 0 Å². The zero-order valence-electron chi connectivity index (χ0n) is 24.5. The van der Waals surface area contributed by atoms with Gasteiger partial charge in [-0.3, -0.25) is 4.79 Å². The summed E-state index contributed by atoms with van der Waals surface area (Å²) in [5, 5.41) is 21.2. The van der Waals surface area contributed by atoms with Gasteiger partial charge in [0.1, 0.15) is 5.75 Å². The van der Waals surface area contributed by atoms with Gasteiger partial charge < -0.3 is 15.3 Å². The molecule has 38 heavy (non-hydrogen) atoms. The maximum Gasteiger partial charge on any atom is 0.259 e. The molecule has 0 aliphatic carbocycles. The quantitative estimate of drug-likeness (QED) is 0.351. The molecule has 2 aromatic rings. The summed E-state index contributed by atoms with van der Waals surface area (Å²) >= 11 is 6.28. The van der Waals surface area contributed by atoms with E-state index in [-0.39, 0.29) is 17.0 Å². The second kappa shape index (κ2) is 17.7. The topological polar surface area (TPSA) is 77.3 Å². The van der Waals surface area contributed by atoms with Gasteiger partial charge in [-0.25, -0.2) is 0 Å². The fraction of sp³-hybridized carbons (Fsp3) is 0.516. The molecule has 2 heterocycles. The minimum Gasteiger partial charge on any atom is -0.508 e. The molecule has 2 aliphatic rings. The number of alkyl halides is 1. The lowest BCUT2D eigenvalue weighted by Gasteiger charge is -2.17. The summed E-state index contributed by atoms with van der Waals surface area (Å²) in [4.78, 5) is 14.7. The van der Waals surface area contributed by atoms with Gasteiger partial charge in [-0.1, -0.05) is 67.5 Å². The molecule has 2 aromatic carbocycles. The van der Waals surface area contributed by atoms with Crippen LogP contribution in [-0.2, 0) is 19.5 Å². The van der Waals surface area contributed by atoms with Gasteiger partial charge in [0, 0.05) is 47.2 Å². The number of hydrogen-bond acceptors (Lipinski definition) is 5. The standard InChI is InChI=1S/C22H27ClN2O2.C5H8N2.2C2H6/c1-4-17(23)8-15-6-5-7-18(9-15)25-13-20-19(22(25)27)10-16(11-21(20)26)12-24-14(2)3;1-5-2-3-6-7-4-5;2*1-2/h5-7,9-11,14,17,24,26H,4,8,12-13H2,1-3H3;3-5H,2H2,1H3;2*1-2H3/t;5-;;/m.1../s1. The number of fused-ring (bicyclic) bond motifs is 1. The molecule has 6 nitrogen and oxygen atoms in total. The SMILES string of the molecule is CC.CC.CCC(Cl)Cc1cccc(N2Cc3c(O)cc(CNC(C)C)cc3C2=O)c1.C[C@H]1C=NN=CC1. The Morgan fingerprint density at radius 3 is 2.37 bits per heavy atom. The zero-order chi connectivity index (χ0) is 28.7. The summed E-state index contributed by atoms with van der Waals surface area (Å²) in [6.07, 6.45) is 6.42. The Bertz CT molecular complexity index is 1050. The highest BCUT2D eigenvalue weighted by atomic mass is 35.5. The normalized spacial score (nSPS) is 16.0. The van der Waals surface area contributed by atoms with Gasteiger partial charge in [0.2, 0.25) is 0 Å². The van der Waals surface area contributed by atoms with Gasteiger partial charge in [-0.2, -0.15) is 10.2 Å². The molecule has 7 heteroatoms. The maximum absolute atomic E-state index is 13.0. The number of benzene rings is 2. The number of carbonyl (C=O) groups is 1. The third-order valence-electron chi connectivity index (χ3n) is 5.86. The minimum atomic E-state index is -0.0678. The van der Waals surface area contributed by atoms with Gasteiger partial charge in [0.05, 0.1) is 6.54 Å². The van der Waals surface area contributed by atoms with Crippen LogP contribution in [0.5, 0.6) is 5.75 Å². The van der Waals surface area contributed by atoms with Crippen LogP contribution >= 0.6 is 11.6 Å². The first kappa shape index (κ1) is 33.3. The molecule has 210 valence electrons. The highest BCUT2D eigenvalue weighted by Crippen LogP contribution is 2.35. The van der Waals surface area contributed by atoms with Crippen molar-refractivity contribution in [2.24, 2.45) is 16.1 Å². The van der Waals surface area contributed by atoms with E-state index < -0.39 is 0 Å². The number of hydrogen-bond donors (Lipinski definition) is 2. The first-order chi connectivity index (χ1) is 18.3. The number of halogens is 1. The van der Waals surface area contributed by atoms with E-state index in [0.717, 1.165) is 36.1 Å². The monoisotopic (exact) mass is 542 g/mol. The average Bonchev–Trinajstić information content (AvgIpc) is 3.27. The molecular formula is C31H47ClN4O2. The van der Waals surface area contributed by atoms with E-state index in [4.69, 9.17) is 11.6 Å². The zero-order valence-corrected chi connectivity index (χ0v) is 25.2. The van der Waals surface area contributed by atoms with Crippen LogP contribution < -0.4 is 10.2 Å². The van der Waals surface area contributed by atoms with E-state index in [1.54, 1.807) is 11.0 Å². The lowest BCUT2D eigenvalue weighted by molar-refractivity contribution is 0.0996. The van der Waals surface area contributed by atoms with Crippen LogP contribution in [-0.4, -0.2) is 34.9 Å². The van der Waals surface area contributed by atoms with Gasteiger partial charge >= 0.3 is 0 Å². The van der Waals surface area contributed by atoms with Crippen LogP contribution in [0.1, 0.15) is 95.3 Å². The molecule has 4 rings (SSSR count). The van der Waals surface area contributed by atoms with Crippen LogP contribution in [0.15, 0.2) is 46.6 Å². The third kappa shape index (κ3) is 10.2. The summed E-state index contributed by atoms with van der Waals surface area (Å²) in [6, 6.07) is 11.9. The highest BCUT2D eigenvalue weighted by Gasteiger charge is 2.31. The number of phenolic OH excluding ortho intramolecular Hbond substituents is 1. The number of phenols is 1. The van der Waals surface area contributed by atoms with Crippen LogP contribution in [0.4, 0.5) is 5.69 Å². The Morgan fingerprint density at radius 2 is 1.82 bits per heavy atom. The number of aromatic hydroxyl groups is 1. The van der Waals surface area contributed by atoms with Crippen molar-refractivity contribution < 1.29 is 9.90 Å². The van der Waals surface area contributed by atoms with E-state index in [2.05, 4.69) is 43.2 Å². The van der Waals surface area contributed by atoms with Crippen molar-refractivity contribution in [3.8, 4) is 5.75 Å². The molecule has 0 spiro atoms. The predicted octanol–water partition coefficient (Wildman–Crippen LogP) is 7.75. The van der Waals surface area contributed by atoms with Crippen LogP contribution in [0.2, 0.25) is 0 Å². The number of carbonyl (C=O) groups excluding carboxylic acids is 1. The largest absolute Gasteiger partial charge is 0.508 e. The van der Waals surface area contributed by atoms with Crippen molar-refractivity contribution in [2.75, 3.05) is 4.90 Å². The van der Waals surface area contributed by atoms with Crippen LogP contribution in [0.3, 0.4) is 0 Å². The average molecular weight is 543 g/mol. The molecule has 2 atom stereocenters. The minimum absolute atomic E-state index is 0.0678. The molecule has 0 fully saturated rings. The van der Waals surface area contributed by atoms with Crippen molar-refractivity contribution in [1.29, 1.82) is 0 Å². The Kier molecular flexibility index (Phi) is 15.6. The molecular weight excluding hydrogens is 496 g/mol. The summed E-state index contributed by atoms with van der Waals surface area (Å²) in [5.74, 6) is 0.714. The smallest absolute Gasteiger partial charge is 0.259 e. The number of nitrogens with one attached hydrogen (secondary N) is 1. The molecule has 1 amide bonds. The first-order valence-corrected chi connectivity index (χ1v) is 14.4. The van der Waals surface area contributed by atoms with Crippen molar-refractivity contribution in [3.63, 3.8) is 0 Å². The summed E-state index contributed by atoms with van der Waals surface area (Å²) < 4.78 is 0. The molecule has 1 unspecified atom stereocenters. The van der Waals surface area contributed by atoms with Crippen molar-refractivity contribution in [2.45, 2.75) is 99.2 Å². The van der Waals surface area contributed by atoms with Crippen LogP contribution in [0.25, 0.3) is 0 Å². The Hall–Kier alpha value is -2.70. The fourth-order valence-electron chi connectivity index (χ4n) is 3.80. The molecule has 0 bridgehead atoms. The lowest BCUT2D eigenvalue weighted by Crippen LogP contribution is -2.23. The van der Waals surface area contributed by atoms with Crippen LogP contribution in [0, 0.1) is 5.92 Å². The predicted molar refractivity (Wildman–Crippen MR) is 164 cm³/mol. The Morgan fingerprint density at radius 1 is 1.11 bits per heavy atom. The summed E-state index contributed by atoms with van der Waals surface area (Å²) in [7, 11) is 0. The second-order valence-electron chi connectivity index (χ2n) is 9.22. The Labute approximate surface area is 235 Å². The maximum atomic E-state index is 13.0. The summed E-state index contributed by atoms with van der Waals surface area (Å²) in [6.45, 7) is 17.3. The highest BCUT2D eigenvalue weighted by molar-refractivity contribution is 6.20. The van der Waals surface area contributed by atoms with E-state index in [9.17, 15) is 9.90 Å². The van der Waals surface area contributed by atoms with Crippen molar-refractivity contribution in [3.05, 3.63) is 58.7 Å². The molecule has 0 radical (unpaired) electrons. The number of nitrogens with zero attached hydrogens (tertiary/aromatic N) is 3. The fourth-order valence-corrected chi connectivity index (χ4v) is 3.98. The first-order valence-electron chi connectivity index (χ1n) is 14.0. The van der Waals surface area contributed by atoms with E-state index in [1.807, 2.05) is 70.5 Å². The van der Waals surface area contributed by atoms with E-state index >= 15 is 0 Å². The van der Waals surface area contributed by atoms with Gasteiger partial charge in [-0.15, -0.1) is 11.6 Å². The number of rotatable bonds is 7. The van der Waals surface area contributed by atoms with E-state index in [0.29, 0.717) is 36.2 Å². The molecule has 0 aromatic heterocycles. The molecule has 2 aliphatic heterocycles. The van der Waals surface area contributed by atoms with Gasteiger partial charge in [-0.05, 0) is 60.6 Å². The molecule has 0 saturated heterocycles. The molecule has 0 saturated carbocycles. The second-order valence-corrected chi connectivity index (χ2v) is 9.84. The van der Waals surface area contributed by atoms with Crippen molar-refractivity contribution in [1.82, 2.24) is 5.32 Å². The summed E-state index contributed by atoms with van der Waals surface area (Å²) in [5.41, 5.74) is 4.16. The van der Waals surface area contributed by atoms with Crippen molar-refractivity contribution >= 4 is 35.6 Å². The van der Waals surface area contributed by atoms with Gasteiger partial charge in [0.15, 0.2) is 0 Å². The third-order valence-corrected chi connectivity index (χ3v) is 6.32. The Balaban J connectivity index is 0.000000554. The number of anilines is 1. The molecule has 2 N–H and O–H groups in total. The number of amides is 1. The van der Waals surface area contributed by atoms with Gasteiger partial charge in [0.25, 0.3) is 5.91 Å².